The third kappa shape index (κ3) is 4.59. The Morgan fingerprint density at radius 3 is 2.45 bits per heavy atom. The maximum Gasteiger partial charge on any atom is 0.252 e. The van der Waals surface area contributed by atoms with Crippen molar-refractivity contribution in [3.05, 3.63) is 63.1 Å². The van der Waals surface area contributed by atoms with E-state index in [0.29, 0.717) is 25.9 Å². The highest BCUT2D eigenvalue weighted by Gasteiger charge is 2.49. The van der Waals surface area contributed by atoms with E-state index in [9.17, 15) is 13.2 Å². The molecule has 0 radical (unpaired) electrons. The number of carbonyl (C=O) groups is 1. The molecule has 0 unspecified atom stereocenters. The molecule has 0 spiro atoms. The van der Waals surface area contributed by atoms with Gasteiger partial charge in [0.05, 0.1) is 34.7 Å². The van der Waals surface area contributed by atoms with Crippen LogP contribution in [0.25, 0.3) is 0 Å². The number of anilines is 1. The molecule has 0 aromatic heterocycles. The van der Waals surface area contributed by atoms with Gasteiger partial charge in [0, 0.05) is 15.3 Å². The summed E-state index contributed by atoms with van der Waals surface area (Å²) < 4.78 is 24.3. The molecule has 2 aromatic carbocycles. The average Bonchev–Trinajstić information content (AvgIpc) is 3.08. The summed E-state index contributed by atoms with van der Waals surface area (Å²) >= 11 is 19.6. The maximum absolute atomic E-state index is 12.6. The van der Waals surface area contributed by atoms with Crippen molar-refractivity contribution in [3.8, 4) is 0 Å². The zero-order chi connectivity index (χ0) is 20.8. The Hall–Kier alpha value is -1.25. The van der Waals surface area contributed by atoms with Gasteiger partial charge in [-0.25, -0.2) is 8.42 Å². The van der Waals surface area contributed by atoms with Crippen LogP contribution in [0.5, 0.6) is 0 Å². The minimum atomic E-state index is -3.16. The van der Waals surface area contributed by atoms with E-state index in [-0.39, 0.29) is 35.1 Å². The van der Waals surface area contributed by atoms with Crippen LogP contribution in [0, 0.1) is 0 Å². The molecule has 152 valence electrons. The summed E-state index contributed by atoms with van der Waals surface area (Å²) in [5, 5.41) is 1.70. The predicted molar refractivity (Wildman–Crippen MR) is 120 cm³/mol. The van der Waals surface area contributed by atoms with Crippen LogP contribution in [-0.4, -0.2) is 42.3 Å². The Labute approximate surface area is 188 Å². The third-order valence-electron chi connectivity index (χ3n) is 4.72. The quantitative estimate of drug-likeness (QED) is 0.635. The van der Waals surface area contributed by atoms with Crippen molar-refractivity contribution in [1.29, 1.82) is 0 Å². The van der Waals surface area contributed by atoms with E-state index >= 15 is 0 Å². The molecular formula is C19H15Cl3N2O3S2. The fourth-order valence-corrected chi connectivity index (χ4v) is 8.00. The van der Waals surface area contributed by atoms with Gasteiger partial charge in [-0.05, 0) is 35.9 Å². The van der Waals surface area contributed by atoms with Gasteiger partial charge in [0.15, 0.2) is 15.0 Å². The number of hydrogen-bond donors (Lipinski definition) is 0. The van der Waals surface area contributed by atoms with Crippen LogP contribution in [0.4, 0.5) is 5.69 Å². The number of carbonyl (C=O) groups excluding carboxylic acids is 1. The normalized spacial score (nSPS) is 24.1. The van der Waals surface area contributed by atoms with E-state index in [4.69, 9.17) is 34.8 Å². The zero-order valence-electron chi connectivity index (χ0n) is 14.9. The van der Waals surface area contributed by atoms with Gasteiger partial charge in [-0.15, -0.1) is 0 Å². The molecule has 0 saturated carbocycles. The first-order chi connectivity index (χ1) is 13.7. The highest BCUT2D eigenvalue weighted by molar-refractivity contribution is 8.16. The number of rotatable bonds is 3. The van der Waals surface area contributed by atoms with Gasteiger partial charge in [-0.3, -0.25) is 4.79 Å². The molecule has 4 rings (SSSR count). The van der Waals surface area contributed by atoms with E-state index in [0.717, 1.165) is 5.56 Å². The third-order valence-corrected chi connectivity index (χ3v) is 8.72. The fraction of sp³-hybridized carbons (Fsp3) is 0.263. The van der Waals surface area contributed by atoms with E-state index in [1.807, 2.05) is 0 Å². The first-order valence-electron chi connectivity index (χ1n) is 8.69. The number of amidine groups is 1. The Balaban J connectivity index is 1.66. The number of benzene rings is 2. The van der Waals surface area contributed by atoms with Crippen LogP contribution in [0.2, 0.25) is 15.1 Å². The van der Waals surface area contributed by atoms with Crippen molar-refractivity contribution in [2.75, 3.05) is 16.4 Å². The van der Waals surface area contributed by atoms with Crippen LogP contribution >= 0.6 is 46.6 Å². The first-order valence-corrected chi connectivity index (χ1v) is 12.5. The molecule has 2 heterocycles. The minimum Gasteiger partial charge on any atom is -0.314 e. The predicted octanol–water partition coefficient (Wildman–Crippen LogP) is 4.49. The molecule has 2 atom stereocenters. The lowest BCUT2D eigenvalue weighted by molar-refractivity contribution is -0.117. The number of hydrogen-bond acceptors (Lipinski definition) is 4. The highest BCUT2D eigenvalue weighted by atomic mass is 35.5. The second kappa shape index (κ2) is 8.12. The summed E-state index contributed by atoms with van der Waals surface area (Å²) in [4.78, 5) is 18.6. The lowest BCUT2D eigenvalue weighted by Crippen LogP contribution is -2.38. The maximum atomic E-state index is 12.6. The van der Waals surface area contributed by atoms with Gasteiger partial charge < -0.3 is 4.90 Å². The molecule has 2 aromatic rings. The number of nitrogens with zero attached hydrogens (tertiary/aromatic N) is 2. The van der Waals surface area contributed by atoms with E-state index in [2.05, 4.69) is 4.99 Å². The minimum absolute atomic E-state index is 0.00594. The van der Waals surface area contributed by atoms with Gasteiger partial charge in [-0.1, -0.05) is 58.7 Å². The summed E-state index contributed by atoms with van der Waals surface area (Å²) in [6, 6.07) is 11.6. The number of thioether (sulfide) groups is 1. The van der Waals surface area contributed by atoms with Gasteiger partial charge in [0.2, 0.25) is 0 Å². The molecule has 29 heavy (non-hydrogen) atoms. The monoisotopic (exact) mass is 488 g/mol. The lowest BCUT2D eigenvalue weighted by Gasteiger charge is -2.25. The lowest BCUT2D eigenvalue weighted by atomic mass is 10.1. The van der Waals surface area contributed by atoms with E-state index in [1.165, 1.54) is 11.8 Å². The topological polar surface area (TPSA) is 66.8 Å². The van der Waals surface area contributed by atoms with Crippen LogP contribution in [0.15, 0.2) is 47.5 Å². The molecule has 0 N–H and O–H groups in total. The van der Waals surface area contributed by atoms with Crippen molar-refractivity contribution in [2.45, 2.75) is 17.7 Å². The molecule has 10 heteroatoms. The first kappa shape index (κ1) is 21.0. The van der Waals surface area contributed by atoms with Crippen LogP contribution < -0.4 is 4.90 Å². The van der Waals surface area contributed by atoms with Gasteiger partial charge in [-0.2, -0.15) is 4.99 Å². The van der Waals surface area contributed by atoms with Gasteiger partial charge >= 0.3 is 0 Å². The largest absolute Gasteiger partial charge is 0.314 e. The average molecular weight is 490 g/mol. The van der Waals surface area contributed by atoms with Crippen molar-refractivity contribution in [3.63, 3.8) is 0 Å². The number of halogens is 3. The van der Waals surface area contributed by atoms with Crippen molar-refractivity contribution in [2.24, 2.45) is 4.99 Å². The van der Waals surface area contributed by atoms with Crippen LogP contribution in [0.3, 0.4) is 0 Å². The number of aliphatic imine (C=N–C) groups is 1. The second-order valence-corrected chi connectivity index (χ2v) is 11.5. The Kier molecular flexibility index (Phi) is 5.88. The summed E-state index contributed by atoms with van der Waals surface area (Å²) in [6.45, 7) is 0. The summed E-state index contributed by atoms with van der Waals surface area (Å²) in [7, 11) is -3.16. The molecule has 2 aliphatic rings. The Morgan fingerprint density at radius 2 is 1.76 bits per heavy atom. The number of sulfone groups is 1. The molecule has 2 saturated heterocycles. The zero-order valence-corrected chi connectivity index (χ0v) is 18.8. The van der Waals surface area contributed by atoms with Crippen molar-refractivity contribution in [1.82, 2.24) is 0 Å². The smallest absolute Gasteiger partial charge is 0.252 e. The summed E-state index contributed by atoms with van der Waals surface area (Å²) in [6.07, 6.45) is 0.122. The van der Waals surface area contributed by atoms with Gasteiger partial charge in [0.25, 0.3) is 5.91 Å². The SMILES string of the molecule is O=C(Cc1ccc(Cl)cc1)N=C1S[C@@H]2CS(=O)(=O)C[C@@H]2N1c1ccc(Cl)cc1Cl. The number of fused-ring (bicyclic) bond motifs is 1. The standard InChI is InChI=1S/C19H15Cl3N2O3S2/c20-12-3-1-11(2-4-12)7-18(25)23-19-24(15-6-5-13(21)8-14(15)22)16-9-29(26,27)10-17(16)28-19/h1-6,8,16-17H,7,9-10H2/t16-,17+/m0/s1. The second-order valence-electron chi connectivity index (χ2n) is 6.86. The fourth-order valence-electron chi connectivity index (χ4n) is 3.45. The van der Waals surface area contributed by atoms with Crippen LogP contribution in [0.1, 0.15) is 5.56 Å². The number of amides is 1. The van der Waals surface area contributed by atoms with Crippen molar-refractivity contribution >= 4 is 73.2 Å². The van der Waals surface area contributed by atoms with E-state index < -0.39 is 9.84 Å². The molecule has 5 nitrogen and oxygen atoms in total. The summed E-state index contributed by atoms with van der Waals surface area (Å²) in [5.74, 6) is -0.282. The Morgan fingerprint density at radius 1 is 1.07 bits per heavy atom. The van der Waals surface area contributed by atoms with Crippen molar-refractivity contribution < 1.29 is 13.2 Å². The molecule has 1 amide bonds. The Bertz CT molecular complexity index is 1100. The highest BCUT2D eigenvalue weighted by Crippen LogP contribution is 2.43. The molecule has 0 aliphatic carbocycles. The molecule has 2 aliphatic heterocycles. The summed E-state index contributed by atoms with van der Waals surface area (Å²) in [5.41, 5.74) is 1.39. The van der Waals surface area contributed by atoms with Gasteiger partial charge in [0.1, 0.15) is 0 Å². The molecule has 0 bridgehead atoms. The molecule has 2 fully saturated rings. The van der Waals surface area contributed by atoms with E-state index in [1.54, 1.807) is 47.4 Å². The van der Waals surface area contributed by atoms with Crippen LogP contribution in [-0.2, 0) is 21.1 Å². The molecular weight excluding hydrogens is 475 g/mol.